The van der Waals surface area contributed by atoms with E-state index in [1.54, 1.807) is 7.05 Å². The van der Waals surface area contributed by atoms with Crippen LogP contribution in [0, 0.1) is 0 Å². The van der Waals surface area contributed by atoms with Crippen molar-refractivity contribution in [2.24, 2.45) is 0 Å². The summed E-state index contributed by atoms with van der Waals surface area (Å²) in [5.41, 5.74) is 0.666. The van der Waals surface area contributed by atoms with Gasteiger partial charge in [-0.2, -0.15) is 4.31 Å². The molecule has 0 spiro atoms. The second-order valence-corrected chi connectivity index (χ2v) is 7.02. The third-order valence-corrected chi connectivity index (χ3v) is 5.40. The molecule has 0 bridgehead atoms. The fourth-order valence-electron chi connectivity index (χ4n) is 1.79. The molecule has 0 aliphatic rings. The molecule has 1 rings (SSSR count). The number of benzene rings is 1. The minimum absolute atomic E-state index is 0.0301. The summed E-state index contributed by atoms with van der Waals surface area (Å²) in [5, 5.41) is 3.45. The van der Waals surface area contributed by atoms with Crippen LogP contribution in [0.1, 0.15) is 5.56 Å². The first-order valence-corrected chi connectivity index (χ1v) is 8.42. The second-order valence-electron chi connectivity index (χ2n) is 4.30. The first-order chi connectivity index (χ1) is 9.88. The van der Waals surface area contributed by atoms with Crippen molar-refractivity contribution in [1.29, 1.82) is 0 Å². The van der Waals surface area contributed by atoms with Crippen LogP contribution in [0.2, 0.25) is 10.0 Å². The Morgan fingerprint density at radius 1 is 1.19 bits per heavy atom. The highest BCUT2D eigenvalue weighted by atomic mass is 35.5. The molecule has 0 unspecified atom stereocenters. The van der Waals surface area contributed by atoms with Gasteiger partial charge in [0, 0.05) is 24.7 Å². The van der Waals surface area contributed by atoms with Crippen LogP contribution in [0.5, 0.6) is 0 Å². The normalized spacial score (nSPS) is 11.6. The molecule has 116 valence electrons. The van der Waals surface area contributed by atoms with Gasteiger partial charge in [-0.05, 0) is 24.7 Å². The molecular weight excluding hydrogens is 331 g/mol. The highest BCUT2D eigenvalue weighted by Gasteiger charge is 2.26. The summed E-state index contributed by atoms with van der Waals surface area (Å²) in [4.78, 5) is 0.0301. The van der Waals surface area contributed by atoms with Crippen molar-refractivity contribution in [1.82, 2.24) is 9.62 Å². The lowest BCUT2D eigenvalue weighted by atomic mass is 10.2. The molecule has 1 N–H and O–H groups in total. The Bertz CT molecular complexity index is 620. The second kappa shape index (κ2) is 7.96. The molecule has 0 heterocycles. The quantitative estimate of drug-likeness (QED) is 0.734. The number of hydrogen-bond donors (Lipinski definition) is 1. The lowest BCUT2D eigenvalue weighted by Gasteiger charge is -2.20. The van der Waals surface area contributed by atoms with Crippen molar-refractivity contribution >= 4 is 33.2 Å². The molecule has 0 fully saturated rings. The van der Waals surface area contributed by atoms with Gasteiger partial charge in [0.25, 0.3) is 0 Å². The Morgan fingerprint density at radius 2 is 1.76 bits per heavy atom. The van der Waals surface area contributed by atoms with E-state index in [-0.39, 0.29) is 23.0 Å². The van der Waals surface area contributed by atoms with Crippen molar-refractivity contribution < 1.29 is 8.42 Å². The average Bonchev–Trinajstić information content (AvgIpc) is 2.41. The van der Waals surface area contributed by atoms with Gasteiger partial charge in [0.2, 0.25) is 10.0 Å². The van der Waals surface area contributed by atoms with E-state index in [0.717, 1.165) is 0 Å². The van der Waals surface area contributed by atoms with Gasteiger partial charge in [-0.15, -0.1) is 13.2 Å². The summed E-state index contributed by atoms with van der Waals surface area (Å²) in [6, 6.07) is 2.94. The summed E-state index contributed by atoms with van der Waals surface area (Å²) < 4.78 is 26.6. The summed E-state index contributed by atoms with van der Waals surface area (Å²) in [6.07, 6.45) is 3.03. The van der Waals surface area contributed by atoms with Crippen LogP contribution in [-0.4, -0.2) is 32.9 Å². The van der Waals surface area contributed by atoms with Crippen LogP contribution in [0.25, 0.3) is 0 Å². The molecular formula is C14H18Cl2N2O2S. The van der Waals surface area contributed by atoms with E-state index in [9.17, 15) is 8.42 Å². The van der Waals surface area contributed by atoms with Gasteiger partial charge in [0.15, 0.2) is 0 Å². The number of nitrogens with one attached hydrogen (secondary N) is 1. The standard InChI is InChI=1S/C14H18Cl2N2O2S/c1-4-6-18(7-5-2)21(19,20)14-8-11(10-17-3)12(15)9-13(14)16/h4-5,8-9,17H,1-2,6-7,10H2,3H3. The lowest BCUT2D eigenvalue weighted by Crippen LogP contribution is -2.31. The molecule has 0 saturated carbocycles. The monoisotopic (exact) mass is 348 g/mol. The fourth-order valence-corrected chi connectivity index (χ4v) is 4.01. The van der Waals surface area contributed by atoms with Crippen molar-refractivity contribution in [3.8, 4) is 0 Å². The maximum Gasteiger partial charge on any atom is 0.245 e. The molecule has 4 nitrogen and oxygen atoms in total. The van der Waals surface area contributed by atoms with Crippen LogP contribution in [0.15, 0.2) is 42.3 Å². The fraction of sp³-hybridized carbons (Fsp3) is 0.286. The Balaban J connectivity index is 3.38. The van der Waals surface area contributed by atoms with E-state index in [0.29, 0.717) is 17.1 Å². The molecule has 0 atom stereocenters. The number of nitrogens with zero attached hydrogens (tertiary/aromatic N) is 1. The Hall–Kier alpha value is -0.850. The Labute approximate surface area is 136 Å². The van der Waals surface area contributed by atoms with Gasteiger partial charge in [0.1, 0.15) is 4.90 Å². The van der Waals surface area contributed by atoms with Gasteiger partial charge in [-0.1, -0.05) is 35.4 Å². The third kappa shape index (κ3) is 4.31. The van der Waals surface area contributed by atoms with E-state index in [1.807, 2.05) is 0 Å². The molecule has 0 aromatic heterocycles. The Kier molecular flexibility index (Phi) is 6.90. The molecule has 0 amide bonds. The summed E-state index contributed by atoms with van der Waals surface area (Å²) in [5.74, 6) is 0. The van der Waals surface area contributed by atoms with Crippen LogP contribution in [0.4, 0.5) is 0 Å². The molecule has 1 aromatic carbocycles. The SMILES string of the molecule is C=CCN(CC=C)S(=O)(=O)c1cc(CNC)c(Cl)cc1Cl. The topological polar surface area (TPSA) is 49.4 Å². The van der Waals surface area contributed by atoms with Gasteiger partial charge < -0.3 is 5.32 Å². The van der Waals surface area contributed by atoms with Gasteiger partial charge in [-0.25, -0.2) is 8.42 Å². The van der Waals surface area contributed by atoms with Crippen LogP contribution in [0.3, 0.4) is 0 Å². The molecule has 1 aromatic rings. The first-order valence-electron chi connectivity index (χ1n) is 6.23. The van der Waals surface area contributed by atoms with Crippen molar-refractivity contribution in [3.63, 3.8) is 0 Å². The number of hydrogen-bond acceptors (Lipinski definition) is 3. The van der Waals surface area contributed by atoms with Gasteiger partial charge in [0.05, 0.1) is 5.02 Å². The van der Waals surface area contributed by atoms with Crippen LogP contribution < -0.4 is 5.32 Å². The van der Waals surface area contributed by atoms with E-state index >= 15 is 0 Å². The minimum Gasteiger partial charge on any atom is -0.316 e. The highest BCUT2D eigenvalue weighted by molar-refractivity contribution is 7.89. The van der Waals surface area contributed by atoms with Gasteiger partial charge >= 0.3 is 0 Å². The molecule has 0 radical (unpaired) electrons. The summed E-state index contributed by atoms with van der Waals surface area (Å²) in [6.45, 7) is 7.93. The molecule has 0 aliphatic carbocycles. The minimum atomic E-state index is -3.74. The van der Waals surface area contributed by atoms with E-state index in [1.165, 1.54) is 28.6 Å². The van der Waals surface area contributed by atoms with E-state index in [2.05, 4.69) is 18.5 Å². The number of sulfonamides is 1. The number of rotatable bonds is 8. The summed E-state index contributed by atoms with van der Waals surface area (Å²) >= 11 is 12.1. The molecule has 0 aliphatic heterocycles. The third-order valence-electron chi connectivity index (χ3n) is 2.75. The zero-order valence-corrected chi connectivity index (χ0v) is 14.1. The van der Waals surface area contributed by atoms with Crippen LogP contribution >= 0.6 is 23.2 Å². The molecule has 7 heteroatoms. The summed E-state index contributed by atoms with van der Waals surface area (Å²) in [7, 11) is -1.99. The predicted molar refractivity (Wildman–Crippen MR) is 88.4 cm³/mol. The van der Waals surface area contributed by atoms with Crippen molar-refractivity contribution in [2.75, 3.05) is 20.1 Å². The zero-order chi connectivity index (χ0) is 16.0. The molecule has 0 saturated heterocycles. The maximum atomic E-state index is 12.7. The molecule has 21 heavy (non-hydrogen) atoms. The highest BCUT2D eigenvalue weighted by Crippen LogP contribution is 2.30. The van der Waals surface area contributed by atoms with Crippen molar-refractivity contribution in [3.05, 3.63) is 53.1 Å². The van der Waals surface area contributed by atoms with E-state index in [4.69, 9.17) is 23.2 Å². The largest absolute Gasteiger partial charge is 0.316 e. The van der Waals surface area contributed by atoms with E-state index < -0.39 is 10.0 Å². The smallest absolute Gasteiger partial charge is 0.245 e. The van der Waals surface area contributed by atoms with Gasteiger partial charge in [-0.3, -0.25) is 0 Å². The van der Waals surface area contributed by atoms with Crippen LogP contribution in [-0.2, 0) is 16.6 Å². The number of halogens is 2. The lowest BCUT2D eigenvalue weighted by molar-refractivity contribution is 0.474. The maximum absolute atomic E-state index is 12.7. The predicted octanol–water partition coefficient (Wildman–Crippen LogP) is 3.08. The zero-order valence-electron chi connectivity index (χ0n) is 11.8. The average molecular weight is 349 g/mol. The first kappa shape index (κ1) is 18.2. The Morgan fingerprint density at radius 3 is 2.24 bits per heavy atom. The van der Waals surface area contributed by atoms with Crippen molar-refractivity contribution in [2.45, 2.75) is 11.4 Å².